The number of ether oxygens (including phenoxy) is 3. The van der Waals surface area contributed by atoms with E-state index in [-0.39, 0.29) is 24.4 Å². The first-order valence-electron chi connectivity index (χ1n) is 7.72. The van der Waals surface area contributed by atoms with Crippen molar-refractivity contribution in [2.75, 3.05) is 25.1 Å². The molecule has 1 N–H and O–H groups in total. The Morgan fingerprint density at radius 1 is 1.21 bits per heavy atom. The van der Waals surface area contributed by atoms with Gasteiger partial charge in [0, 0.05) is 12.1 Å². The number of carbonyl (C=O) groups is 1. The van der Waals surface area contributed by atoms with Crippen LogP contribution >= 0.6 is 0 Å². The molecular weight excluding hydrogens is 313 g/mol. The van der Waals surface area contributed by atoms with E-state index >= 15 is 0 Å². The number of halogens is 1. The lowest BCUT2D eigenvalue weighted by Gasteiger charge is -2.12. The summed E-state index contributed by atoms with van der Waals surface area (Å²) in [6.07, 6.45) is 0.964. The van der Waals surface area contributed by atoms with Gasteiger partial charge in [-0.1, -0.05) is 12.1 Å². The normalized spacial score (nSPS) is 16.6. The maximum Gasteiger partial charge on any atom is 0.262 e. The van der Waals surface area contributed by atoms with E-state index in [9.17, 15) is 9.18 Å². The molecule has 1 amide bonds. The predicted octanol–water partition coefficient (Wildman–Crippen LogP) is 3.01. The smallest absolute Gasteiger partial charge is 0.262 e. The number of benzene rings is 2. The number of hydrogen-bond acceptors (Lipinski definition) is 4. The molecular formula is C18H18FNO4. The molecule has 0 saturated carbocycles. The molecule has 2 aromatic carbocycles. The minimum atomic E-state index is -0.498. The predicted molar refractivity (Wildman–Crippen MR) is 86.8 cm³/mol. The van der Waals surface area contributed by atoms with E-state index in [1.165, 1.54) is 12.1 Å². The van der Waals surface area contributed by atoms with Crippen molar-refractivity contribution in [3.05, 3.63) is 54.3 Å². The molecule has 5 nitrogen and oxygen atoms in total. The van der Waals surface area contributed by atoms with E-state index in [1.54, 1.807) is 36.4 Å². The largest absolute Gasteiger partial charge is 0.488 e. The molecule has 1 fully saturated rings. The molecule has 2 aromatic rings. The van der Waals surface area contributed by atoms with Gasteiger partial charge in [-0.25, -0.2) is 4.39 Å². The zero-order chi connectivity index (χ0) is 16.8. The number of anilines is 1. The molecule has 6 heteroatoms. The first kappa shape index (κ1) is 16.3. The third-order valence-corrected chi connectivity index (χ3v) is 3.52. The highest BCUT2D eigenvalue weighted by Crippen LogP contribution is 2.20. The van der Waals surface area contributed by atoms with Crippen LogP contribution in [0.1, 0.15) is 6.42 Å². The van der Waals surface area contributed by atoms with Gasteiger partial charge in [-0.2, -0.15) is 0 Å². The van der Waals surface area contributed by atoms with Crippen LogP contribution in [0.5, 0.6) is 11.5 Å². The Balaban J connectivity index is 1.48. The van der Waals surface area contributed by atoms with Crippen LogP contribution in [0, 0.1) is 5.82 Å². The molecule has 0 aromatic heterocycles. The highest BCUT2D eigenvalue weighted by molar-refractivity contribution is 5.91. The fourth-order valence-electron chi connectivity index (χ4n) is 2.32. The van der Waals surface area contributed by atoms with E-state index in [0.717, 1.165) is 18.8 Å². The molecule has 24 heavy (non-hydrogen) atoms. The van der Waals surface area contributed by atoms with Crippen molar-refractivity contribution in [3.63, 3.8) is 0 Å². The van der Waals surface area contributed by atoms with E-state index in [0.29, 0.717) is 12.3 Å². The molecule has 126 valence electrons. The molecule has 1 aliphatic heterocycles. The Morgan fingerprint density at radius 2 is 2.00 bits per heavy atom. The third kappa shape index (κ3) is 4.45. The van der Waals surface area contributed by atoms with Crippen LogP contribution in [-0.4, -0.2) is 31.8 Å². The molecule has 1 aliphatic rings. The van der Waals surface area contributed by atoms with Crippen LogP contribution in [0.3, 0.4) is 0 Å². The van der Waals surface area contributed by atoms with Gasteiger partial charge in [-0.15, -0.1) is 0 Å². The highest BCUT2D eigenvalue weighted by atomic mass is 19.1. The summed E-state index contributed by atoms with van der Waals surface area (Å²) in [4.78, 5) is 11.9. The van der Waals surface area contributed by atoms with Crippen LogP contribution < -0.4 is 14.8 Å². The second kappa shape index (κ2) is 7.79. The fourth-order valence-corrected chi connectivity index (χ4v) is 2.32. The van der Waals surface area contributed by atoms with E-state index in [1.807, 2.05) is 0 Å². The topological polar surface area (TPSA) is 56.8 Å². The molecule has 1 heterocycles. The number of rotatable bonds is 6. The molecule has 0 aliphatic carbocycles. The Kier molecular flexibility index (Phi) is 5.28. The van der Waals surface area contributed by atoms with E-state index < -0.39 is 5.82 Å². The lowest BCUT2D eigenvalue weighted by molar-refractivity contribution is -0.118. The SMILES string of the molecule is O=C(COc1ccccc1F)Nc1ccc(O[C@H]2CCOC2)cc1. The number of hydrogen-bond donors (Lipinski definition) is 1. The maximum absolute atomic E-state index is 13.4. The van der Waals surface area contributed by atoms with Crippen LogP contribution in [0.2, 0.25) is 0 Å². The Bertz CT molecular complexity index is 684. The molecule has 3 rings (SSSR count). The standard InChI is InChI=1S/C18H18FNO4/c19-16-3-1-2-4-17(16)23-12-18(21)20-13-5-7-14(8-6-13)24-15-9-10-22-11-15/h1-8,15H,9-12H2,(H,20,21)/t15-/m0/s1. The van der Waals surface area contributed by atoms with Gasteiger partial charge >= 0.3 is 0 Å². The van der Waals surface area contributed by atoms with Gasteiger partial charge in [0.1, 0.15) is 11.9 Å². The van der Waals surface area contributed by atoms with Crippen LogP contribution in [0.25, 0.3) is 0 Å². The summed E-state index contributed by atoms with van der Waals surface area (Å²) in [6.45, 7) is 1.06. The highest BCUT2D eigenvalue weighted by Gasteiger charge is 2.17. The second-order valence-corrected chi connectivity index (χ2v) is 5.40. The first-order chi connectivity index (χ1) is 11.7. The summed E-state index contributed by atoms with van der Waals surface area (Å²) in [7, 11) is 0. The molecule has 0 unspecified atom stereocenters. The molecule has 1 saturated heterocycles. The van der Waals surface area contributed by atoms with Gasteiger partial charge in [0.2, 0.25) is 0 Å². The summed E-state index contributed by atoms with van der Waals surface area (Å²) in [5, 5.41) is 2.69. The number of para-hydroxylation sites is 1. The molecule has 0 spiro atoms. The van der Waals surface area contributed by atoms with Crippen LogP contribution in [0.15, 0.2) is 48.5 Å². The van der Waals surface area contributed by atoms with E-state index in [4.69, 9.17) is 14.2 Å². The zero-order valence-electron chi connectivity index (χ0n) is 13.0. The second-order valence-electron chi connectivity index (χ2n) is 5.40. The lowest BCUT2D eigenvalue weighted by atomic mass is 10.3. The Morgan fingerprint density at radius 3 is 2.71 bits per heavy atom. The van der Waals surface area contributed by atoms with Crippen molar-refractivity contribution >= 4 is 11.6 Å². The zero-order valence-corrected chi connectivity index (χ0v) is 13.0. The van der Waals surface area contributed by atoms with Gasteiger partial charge in [-0.05, 0) is 36.4 Å². The number of amides is 1. The minimum Gasteiger partial charge on any atom is -0.488 e. The van der Waals surface area contributed by atoms with Gasteiger partial charge in [-0.3, -0.25) is 4.79 Å². The molecule has 1 atom stereocenters. The van der Waals surface area contributed by atoms with Crippen molar-refractivity contribution in [1.29, 1.82) is 0 Å². The maximum atomic E-state index is 13.4. The van der Waals surface area contributed by atoms with Crippen molar-refractivity contribution in [2.45, 2.75) is 12.5 Å². The summed E-state index contributed by atoms with van der Waals surface area (Å²) in [5.41, 5.74) is 0.618. The van der Waals surface area contributed by atoms with E-state index in [2.05, 4.69) is 5.32 Å². The van der Waals surface area contributed by atoms with Gasteiger partial charge in [0.15, 0.2) is 18.2 Å². The Hall–Kier alpha value is -2.60. The summed E-state index contributed by atoms with van der Waals surface area (Å²) in [5.74, 6) is -0.0832. The van der Waals surface area contributed by atoms with Crippen molar-refractivity contribution in [3.8, 4) is 11.5 Å². The average Bonchev–Trinajstić information content (AvgIpc) is 3.09. The molecule has 0 radical (unpaired) electrons. The average molecular weight is 331 g/mol. The number of carbonyl (C=O) groups excluding carboxylic acids is 1. The summed E-state index contributed by atoms with van der Waals surface area (Å²) >= 11 is 0. The van der Waals surface area contributed by atoms with Gasteiger partial charge < -0.3 is 19.5 Å². The molecule has 0 bridgehead atoms. The van der Waals surface area contributed by atoms with Crippen LogP contribution in [0.4, 0.5) is 10.1 Å². The van der Waals surface area contributed by atoms with Crippen molar-refractivity contribution in [1.82, 2.24) is 0 Å². The quantitative estimate of drug-likeness (QED) is 0.884. The third-order valence-electron chi connectivity index (χ3n) is 3.52. The monoisotopic (exact) mass is 331 g/mol. The first-order valence-corrected chi connectivity index (χ1v) is 7.72. The summed E-state index contributed by atoms with van der Waals surface area (Å²) < 4.78 is 29.6. The van der Waals surface area contributed by atoms with Gasteiger partial charge in [0.05, 0.1) is 13.2 Å². The Labute approximate surface area is 139 Å². The fraction of sp³-hybridized carbons (Fsp3) is 0.278. The lowest BCUT2D eigenvalue weighted by Crippen LogP contribution is -2.20. The van der Waals surface area contributed by atoms with Crippen LogP contribution in [-0.2, 0) is 9.53 Å². The summed E-state index contributed by atoms with van der Waals surface area (Å²) in [6, 6.07) is 13.0. The number of nitrogens with one attached hydrogen (secondary N) is 1. The van der Waals surface area contributed by atoms with Crippen molar-refractivity contribution in [2.24, 2.45) is 0 Å². The van der Waals surface area contributed by atoms with Crippen molar-refractivity contribution < 1.29 is 23.4 Å². The van der Waals surface area contributed by atoms with Gasteiger partial charge in [0.25, 0.3) is 5.91 Å². The minimum absolute atomic E-state index is 0.0511.